The highest BCUT2D eigenvalue weighted by Gasteiger charge is -0.0746. The van der Waals surface area contributed by atoms with Gasteiger partial charge in [-0.3, -0.25) is 0 Å². The summed E-state index contributed by atoms with van der Waals surface area (Å²) in [6.45, 7) is 0. The highest BCUT2D eigenvalue weighted by molar-refractivity contribution is 2.51. The van der Waals surface area contributed by atoms with E-state index < -0.39 is 0 Å². The molecule has 0 N–H and O–H groups in total. The summed E-state index contributed by atoms with van der Waals surface area (Å²) < 4.78 is 0. The Morgan fingerprint density at radius 3 is 0.500 bits per heavy atom. The molecule has 0 saturated heterocycles. The Morgan fingerprint density at radius 2 is 0.500 bits per heavy atom. The number of hydrogen-bond donors (Lipinski definition) is 0. The zero-order chi connectivity index (χ0) is 0. The average Bonchev–Trinajstić information content (AvgIpc) is 0. The van der Waals surface area contributed by atoms with Gasteiger partial charge in [0.2, 0.25) is 0 Å². The Kier molecular flexibility index (Phi) is 0. The van der Waals surface area contributed by atoms with Crippen LogP contribution in [0, 0.1) is 0 Å². The van der Waals surface area contributed by atoms with E-state index in [1.807, 2.05) is 0 Å². The number of hydrogen-bond acceptors (Lipinski definition) is 0. The first-order valence-electron chi connectivity index (χ1n) is 0. The van der Waals surface area contributed by atoms with Crippen molar-refractivity contribution < 1.29 is 1.43 Å². The van der Waals surface area contributed by atoms with E-state index in [1.165, 1.54) is 0 Å². The van der Waals surface area contributed by atoms with E-state index in [0.717, 1.165) is 0 Å². The normalized spacial score (nSPS) is 0. The summed E-state index contributed by atoms with van der Waals surface area (Å²) in [4.78, 5) is 0. The first kappa shape index (κ1) is 0. The maximum Gasteiger partial charge on any atom is 0 e. The molecule has 0 heteroatoms. The zero-order valence-electron chi connectivity index (χ0n) is 0. The van der Waals surface area contributed by atoms with E-state index in [1.54, 1.807) is 0 Å². The lowest BCUT2D eigenvalue weighted by atomic mass is 12.0. The summed E-state index contributed by atoms with van der Waals surface area (Å²) in [5.74, 6) is 0. The third-order valence-corrected chi connectivity index (χ3v) is 0. The monoisotopic (exact) mass is 67.1 g/mol. The molecule has 0 fully saturated rings. The van der Waals surface area contributed by atoms with Gasteiger partial charge in [0, 0.05) is 1.43 Å². The molecule has 0 rings (SSSR count). The van der Waals surface area contributed by atoms with Gasteiger partial charge in [-0.1, -0.05) is 29.7 Å². The van der Waals surface area contributed by atoms with Gasteiger partial charge in [0.05, 0.1) is 0 Å². The molecule has 0 aromatic rings. The summed E-state index contributed by atoms with van der Waals surface area (Å²) in [6, 6.07) is 0. The fourth-order valence-electron chi connectivity index (χ4n) is 0. The van der Waals surface area contributed by atoms with Crippen molar-refractivity contribution >= 4 is 0 Å². The van der Waals surface area contributed by atoms with Gasteiger partial charge in [-0.2, -0.15) is 0 Å². The fraction of sp³-hybridized carbons (Fsp3) is 1.00. The average molecular weight is 67.2 g/mol. The Morgan fingerprint density at radius 1 is 0.500 bits per heavy atom. The Hall–Kier alpha value is 0. The van der Waals surface area contributed by atoms with Gasteiger partial charge in [0.15, 0.2) is 0 Å². The SMILES string of the molecule is C.C.C.C.[2HH]. The third kappa shape index (κ3) is 0. The van der Waals surface area contributed by atoms with Crippen LogP contribution in [0.3, 0.4) is 0 Å². The van der Waals surface area contributed by atoms with E-state index in [9.17, 15) is 0 Å². The second-order valence-corrected chi connectivity index (χ2v) is 0. The first-order chi connectivity index (χ1) is 0. The molecular formula is C4H18. The lowest BCUT2D eigenvalue weighted by molar-refractivity contribution is 2.50. The van der Waals surface area contributed by atoms with Crippen molar-refractivity contribution in [3.63, 3.8) is 0 Å². The molecule has 0 nitrogen and oxygen atoms in total. The molecule has 0 aliphatic carbocycles. The molecule has 0 aromatic carbocycles. The molecular weight excluding hydrogens is 48.0 g/mol. The van der Waals surface area contributed by atoms with Crippen LogP contribution < -0.4 is 0 Å². The lowest BCUT2D eigenvalue weighted by Gasteiger charge is -0.0786. The van der Waals surface area contributed by atoms with E-state index >= 15 is 0 Å². The van der Waals surface area contributed by atoms with Gasteiger partial charge >= 0.3 is 0 Å². The fourth-order valence-corrected chi connectivity index (χ4v) is 0. The van der Waals surface area contributed by atoms with Crippen molar-refractivity contribution in [2.24, 2.45) is 0 Å². The summed E-state index contributed by atoms with van der Waals surface area (Å²) >= 11 is 0. The van der Waals surface area contributed by atoms with Crippen LogP contribution in [0.1, 0.15) is 31.1 Å². The van der Waals surface area contributed by atoms with Crippen molar-refractivity contribution in [3.05, 3.63) is 0 Å². The molecule has 0 unspecified atom stereocenters. The van der Waals surface area contributed by atoms with E-state index in [-0.39, 0.29) is 31.1 Å². The van der Waals surface area contributed by atoms with Gasteiger partial charge in [-0.05, 0) is 0 Å². The van der Waals surface area contributed by atoms with Crippen LogP contribution in [0.15, 0.2) is 0 Å². The minimum atomic E-state index is 0. The molecule has 0 amide bonds. The van der Waals surface area contributed by atoms with Crippen LogP contribution in [-0.2, 0) is 0 Å². The van der Waals surface area contributed by atoms with Crippen molar-refractivity contribution in [2.75, 3.05) is 0 Å². The third-order valence-electron chi connectivity index (χ3n) is 0. The Labute approximate surface area is 32.3 Å². The molecule has 0 aliphatic rings. The molecule has 0 spiro atoms. The second kappa shape index (κ2) is 0. The molecule has 0 aliphatic heterocycles. The Balaban J connectivity index is 0. The lowest BCUT2D eigenvalue weighted by Crippen LogP contribution is 0.143. The molecule has 0 heterocycles. The molecule has 0 saturated carbocycles. The Bertz CT molecular complexity index is 3.61. The summed E-state index contributed by atoms with van der Waals surface area (Å²) in [5.41, 5.74) is 0. The van der Waals surface area contributed by atoms with Crippen molar-refractivity contribution in [1.29, 1.82) is 0 Å². The minimum Gasteiger partial charge on any atom is -0.0776 e. The van der Waals surface area contributed by atoms with E-state index in [0.29, 0.717) is 0 Å². The predicted octanol–water partition coefficient (Wildman–Crippen LogP) is 2.79. The van der Waals surface area contributed by atoms with E-state index in [4.69, 9.17) is 0 Å². The first-order valence-corrected chi connectivity index (χ1v) is 0. The quantitative estimate of drug-likeness (QED) is 0.408. The molecule has 34 valence electrons. The maximum atomic E-state index is 0. The van der Waals surface area contributed by atoms with Crippen LogP contribution in [0.2, 0.25) is 0 Å². The molecule has 0 radical (unpaired) electrons. The van der Waals surface area contributed by atoms with Crippen LogP contribution in [0.25, 0.3) is 0 Å². The van der Waals surface area contributed by atoms with Gasteiger partial charge in [0.25, 0.3) is 0 Å². The van der Waals surface area contributed by atoms with Crippen LogP contribution in [0.4, 0.5) is 0 Å². The van der Waals surface area contributed by atoms with Gasteiger partial charge in [0.1, 0.15) is 0 Å². The standard InChI is InChI=1S/4CH4.H2/h4*1H4;1H/i;;;;1+1. The molecule has 0 atom stereocenters. The van der Waals surface area contributed by atoms with Crippen LogP contribution in [0.5, 0.6) is 0 Å². The zero-order valence-corrected chi connectivity index (χ0v) is 0. The van der Waals surface area contributed by atoms with Gasteiger partial charge in [-0.15, -0.1) is 0 Å². The summed E-state index contributed by atoms with van der Waals surface area (Å²) in [6.07, 6.45) is 0. The van der Waals surface area contributed by atoms with Crippen LogP contribution in [-0.4, -0.2) is 0 Å². The van der Waals surface area contributed by atoms with Crippen molar-refractivity contribution in [1.82, 2.24) is 0 Å². The second-order valence-electron chi connectivity index (χ2n) is 0. The van der Waals surface area contributed by atoms with Crippen molar-refractivity contribution in [3.8, 4) is 0 Å². The largest absolute Gasteiger partial charge is 0.0776 e. The minimum absolute atomic E-state index is 0. The smallest absolute Gasteiger partial charge is 0 e. The summed E-state index contributed by atoms with van der Waals surface area (Å²) in [7, 11) is 0. The maximum absolute atomic E-state index is 0. The van der Waals surface area contributed by atoms with Crippen LogP contribution >= 0.6 is 0 Å². The van der Waals surface area contributed by atoms with Gasteiger partial charge in [-0.25, -0.2) is 0 Å². The molecule has 4 heavy (non-hydrogen) atoms. The van der Waals surface area contributed by atoms with Gasteiger partial charge < -0.3 is 0 Å². The predicted molar refractivity (Wildman–Crippen MR) is 29.0 cm³/mol. The highest BCUT2D eigenvalue weighted by atomic mass is 12.0. The number of rotatable bonds is 0. The van der Waals surface area contributed by atoms with Crippen molar-refractivity contribution in [2.45, 2.75) is 29.7 Å². The van der Waals surface area contributed by atoms with E-state index in [2.05, 4.69) is 0 Å². The molecule has 0 aromatic heterocycles. The molecule has 0 bridgehead atoms. The summed E-state index contributed by atoms with van der Waals surface area (Å²) in [5, 5.41) is 0. The highest BCUT2D eigenvalue weighted by Crippen LogP contribution is 0.147. The topological polar surface area (TPSA) is 0 Å².